The van der Waals surface area contributed by atoms with Crippen LogP contribution in [0, 0.1) is 12.7 Å². The highest BCUT2D eigenvalue weighted by Crippen LogP contribution is 2.19. The molecule has 0 aliphatic carbocycles. The first-order valence-corrected chi connectivity index (χ1v) is 8.91. The molecule has 0 fully saturated rings. The molecule has 0 saturated carbocycles. The minimum atomic E-state index is -0.374. The number of aryl methyl sites for hydroxylation is 1. The van der Waals surface area contributed by atoms with Crippen LogP contribution in [-0.2, 0) is 4.79 Å². The summed E-state index contributed by atoms with van der Waals surface area (Å²) in [7, 11) is 1.50. The SMILES string of the molecule is CC(=O)/C(=C\c1cnc(Nc2ccccc2)nc1C)Oc1ccc(F)cc1.CN. The number of nitrogens with one attached hydrogen (secondary N) is 1. The summed E-state index contributed by atoms with van der Waals surface area (Å²) in [6.45, 7) is 3.22. The van der Waals surface area contributed by atoms with Crippen LogP contribution in [0.25, 0.3) is 6.08 Å². The van der Waals surface area contributed by atoms with E-state index in [4.69, 9.17) is 4.74 Å². The fourth-order valence-corrected chi connectivity index (χ4v) is 2.30. The van der Waals surface area contributed by atoms with Gasteiger partial charge in [0.15, 0.2) is 11.5 Å². The van der Waals surface area contributed by atoms with Crippen LogP contribution in [0.15, 0.2) is 66.6 Å². The fraction of sp³-hybridized carbons (Fsp3) is 0.136. The van der Waals surface area contributed by atoms with Crippen LogP contribution >= 0.6 is 0 Å². The van der Waals surface area contributed by atoms with Crippen LogP contribution in [0.3, 0.4) is 0 Å². The Labute approximate surface area is 169 Å². The molecule has 29 heavy (non-hydrogen) atoms. The van der Waals surface area contributed by atoms with Crippen LogP contribution in [0.5, 0.6) is 5.75 Å². The van der Waals surface area contributed by atoms with E-state index in [1.165, 1.54) is 38.2 Å². The van der Waals surface area contributed by atoms with Gasteiger partial charge in [-0.25, -0.2) is 14.4 Å². The van der Waals surface area contributed by atoms with Gasteiger partial charge in [-0.1, -0.05) is 18.2 Å². The Balaban J connectivity index is 0.00000145. The van der Waals surface area contributed by atoms with Gasteiger partial charge in [-0.3, -0.25) is 4.79 Å². The molecule has 1 heterocycles. The molecule has 0 unspecified atom stereocenters. The Kier molecular flexibility index (Phi) is 8.00. The molecule has 0 amide bonds. The normalized spacial score (nSPS) is 10.6. The highest BCUT2D eigenvalue weighted by molar-refractivity contribution is 5.96. The Morgan fingerprint density at radius 1 is 1.10 bits per heavy atom. The molecule has 6 nitrogen and oxygen atoms in total. The molecule has 0 aliphatic rings. The summed E-state index contributed by atoms with van der Waals surface area (Å²) >= 11 is 0. The van der Waals surface area contributed by atoms with E-state index in [0.717, 1.165) is 5.69 Å². The highest BCUT2D eigenvalue weighted by atomic mass is 19.1. The number of carbonyl (C=O) groups is 1. The molecule has 7 heteroatoms. The Morgan fingerprint density at radius 3 is 2.34 bits per heavy atom. The van der Waals surface area contributed by atoms with E-state index in [9.17, 15) is 9.18 Å². The largest absolute Gasteiger partial charge is 0.454 e. The van der Waals surface area contributed by atoms with Gasteiger partial charge < -0.3 is 15.8 Å². The van der Waals surface area contributed by atoms with Gasteiger partial charge in [0.1, 0.15) is 11.6 Å². The van der Waals surface area contributed by atoms with E-state index in [-0.39, 0.29) is 17.4 Å². The average molecular weight is 394 g/mol. The maximum absolute atomic E-state index is 13.0. The van der Waals surface area contributed by atoms with Gasteiger partial charge in [0.25, 0.3) is 0 Å². The van der Waals surface area contributed by atoms with Gasteiger partial charge in [0, 0.05) is 24.4 Å². The lowest BCUT2D eigenvalue weighted by Crippen LogP contribution is -2.06. The van der Waals surface area contributed by atoms with E-state index in [1.54, 1.807) is 12.3 Å². The number of hydrogen-bond donors (Lipinski definition) is 2. The maximum Gasteiger partial charge on any atom is 0.227 e. The summed E-state index contributed by atoms with van der Waals surface area (Å²) in [5.74, 6) is 0.321. The molecule has 3 rings (SSSR count). The molecule has 0 aliphatic heterocycles. The maximum atomic E-state index is 13.0. The molecule has 1 aromatic heterocycles. The standard InChI is InChI=1S/C21H18FN3O2.CH5N/c1-14-16(13-23-21(24-14)25-18-6-4-3-5-7-18)12-20(15(2)26)27-19-10-8-17(22)9-11-19;1-2/h3-13H,1-2H3,(H,23,24,25);2H2,1H3/b20-12+;. The van der Waals surface area contributed by atoms with Gasteiger partial charge in [-0.05, 0) is 56.4 Å². The summed E-state index contributed by atoms with van der Waals surface area (Å²) in [5, 5.41) is 3.12. The number of aromatic nitrogens is 2. The molecule has 3 N–H and O–H groups in total. The second kappa shape index (κ2) is 10.7. The zero-order valence-electron chi connectivity index (χ0n) is 16.5. The average Bonchev–Trinajstić information content (AvgIpc) is 2.73. The Morgan fingerprint density at radius 2 is 1.76 bits per heavy atom. The molecule has 3 aromatic rings. The highest BCUT2D eigenvalue weighted by Gasteiger charge is 2.10. The van der Waals surface area contributed by atoms with E-state index >= 15 is 0 Å². The van der Waals surface area contributed by atoms with Crippen molar-refractivity contribution in [1.82, 2.24) is 9.97 Å². The minimum absolute atomic E-state index is 0.122. The van der Waals surface area contributed by atoms with Crippen molar-refractivity contribution in [3.05, 3.63) is 83.6 Å². The number of Topliss-reactive ketones (excluding diaryl/α,β-unsaturated/α-hetero) is 1. The number of halogens is 1. The van der Waals surface area contributed by atoms with Crippen molar-refractivity contribution >= 4 is 23.5 Å². The smallest absolute Gasteiger partial charge is 0.227 e. The zero-order chi connectivity index (χ0) is 21.2. The van der Waals surface area contributed by atoms with Gasteiger partial charge in [-0.2, -0.15) is 0 Å². The Hall–Kier alpha value is -3.58. The lowest BCUT2D eigenvalue weighted by Gasteiger charge is -2.09. The van der Waals surface area contributed by atoms with Gasteiger partial charge in [0.2, 0.25) is 5.95 Å². The Bertz CT molecular complexity index is 974. The molecule has 0 saturated heterocycles. The van der Waals surface area contributed by atoms with Crippen molar-refractivity contribution in [1.29, 1.82) is 0 Å². The number of nitrogens with zero attached hydrogens (tertiary/aromatic N) is 2. The van der Waals surface area contributed by atoms with Crippen molar-refractivity contribution in [3.8, 4) is 5.75 Å². The third-order valence-corrected chi connectivity index (χ3v) is 3.72. The predicted octanol–water partition coefficient (Wildman–Crippen LogP) is 4.25. The van der Waals surface area contributed by atoms with Crippen molar-refractivity contribution < 1.29 is 13.9 Å². The summed E-state index contributed by atoms with van der Waals surface area (Å²) in [6.07, 6.45) is 3.19. The topological polar surface area (TPSA) is 90.1 Å². The summed E-state index contributed by atoms with van der Waals surface area (Å²) in [4.78, 5) is 20.6. The lowest BCUT2D eigenvalue weighted by molar-refractivity contribution is -0.115. The number of ether oxygens (including phenoxy) is 1. The molecular formula is C22H23FN4O2. The van der Waals surface area contributed by atoms with E-state index in [0.29, 0.717) is 23.0 Å². The van der Waals surface area contributed by atoms with Crippen molar-refractivity contribution in [3.63, 3.8) is 0 Å². The number of allylic oxidation sites excluding steroid dienone is 1. The van der Waals surface area contributed by atoms with Gasteiger partial charge in [-0.15, -0.1) is 0 Å². The van der Waals surface area contributed by atoms with Gasteiger partial charge in [0.05, 0.1) is 5.69 Å². The number of rotatable bonds is 6. The molecule has 150 valence electrons. The molecule has 0 atom stereocenters. The number of hydrogen-bond acceptors (Lipinski definition) is 6. The summed E-state index contributed by atoms with van der Waals surface area (Å²) < 4.78 is 18.6. The van der Waals surface area contributed by atoms with E-state index in [1.807, 2.05) is 37.3 Å². The van der Waals surface area contributed by atoms with Crippen molar-refractivity contribution in [2.24, 2.45) is 5.73 Å². The van der Waals surface area contributed by atoms with E-state index < -0.39 is 0 Å². The van der Waals surface area contributed by atoms with Crippen LogP contribution in [-0.4, -0.2) is 22.8 Å². The van der Waals surface area contributed by atoms with Crippen molar-refractivity contribution in [2.45, 2.75) is 13.8 Å². The van der Waals surface area contributed by atoms with Crippen LogP contribution < -0.4 is 15.8 Å². The van der Waals surface area contributed by atoms with E-state index in [2.05, 4.69) is 21.0 Å². The molecule has 0 bridgehead atoms. The van der Waals surface area contributed by atoms with Crippen LogP contribution in [0.4, 0.5) is 16.0 Å². The number of nitrogens with two attached hydrogens (primary N) is 1. The molecular weight excluding hydrogens is 371 g/mol. The third kappa shape index (κ3) is 6.51. The number of benzene rings is 2. The number of anilines is 2. The monoisotopic (exact) mass is 394 g/mol. The fourth-order valence-electron chi connectivity index (χ4n) is 2.30. The lowest BCUT2D eigenvalue weighted by atomic mass is 10.2. The van der Waals surface area contributed by atoms with Crippen molar-refractivity contribution in [2.75, 3.05) is 12.4 Å². The molecule has 0 spiro atoms. The number of ketones is 1. The first-order valence-electron chi connectivity index (χ1n) is 8.91. The minimum Gasteiger partial charge on any atom is -0.454 e. The molecule has 2 aromatic carbocycles. The summed E-state index contributed by atoms with van der Waals surface area (Å²) in [5.41, 5.74) is 6.72. The quantitative estimate of drug-likeness (QED) is 0.480. The molecule has 0 radical (unpaired) electrons. The number of carbonyl (C=O) groups excluding carboxylic acids is 1. The van der Waals surface area contributed by atoms with Gasteiger partial charge >= 0.3 is 0 Å². The zero-order valence-corrected chi connectivity index (χ0v) is 16.5. The first kappa shape index (κ1) is 21.7. The summed E-state index contributed by atoms with van der Waals surface area (Å²) in [6, 6.07) is 15.0. The third-order valence-electron chi connectivity index (χ3n) is 3.72. The predicted molar refractivity (Wildman–Crippen MR) is 112 cm³/mol. The second-order valence-electron chi connectivity index (χ2n) is 5.85. The van der Waals surface area contributed by atoms with Crippen LogP contribution in [0.2, 0.25) is 0 Å². The number of para-hydroxylation sites is 1. The first-order chi connectivity index (χ1) is 14.0. The van der Waals surface area contributed by atoms with Crippen LogP contribution in [0.1, 0.15) is 18.2 Å². The second-order valence-corrected chi connectivity index (χ2v) is 5.85.